The molecule has 114 valence electrons. The van der Waals surface area contributed by atoms with Crippen LogP contribution in [0.1, 0.15) is 40.0 Å². The van der Waals surface area contributed by atoms with Gasteiger partial charge < -0.3 is 19.6 Å². The Morgan fingerprint density at radius 1 is 1.45 bits per heavy atom. The number of rotatable bonds is 2. The van der Waals surface area contributed by atoms with E-state index in [2.05, 4.69) is 0 Å². The molecule has 20 heavy (non-hydrogen) atoms. The van der Waals surface area contributed by atoms with E-state index in [0.717, 1.165) is 12.8 Å². The molecule has 2 heterocycles. The lowest BCUT2D eigenvalue weighted by atomic mass is 10.2. The molecular formula is C14H24N2O4. The number of ether oxygens (including phenoxy) is 1. The van der Waals surface area contributed by atoms with Gasteiger partial charge in [0.15, 0.2) is 0 Å². The second-order valence-electron chi connectivity index (χ2n) is 6.63. The quantitative estimate of drug-likeness (QED) is 0.820. The monoisotopic (exact) mass is 284 g/mol. The molecule has 6 heteroatoms. The molecule has 6 nitrogen and oxygen atoms in total. The standard InChI is InChI=1S/C14H24N2O4/c1-14(2,3)20-13(19)16-6-4-5-10(16)8-15-9-11(17)7-12(15)18/h10-11,17H,4-9H2,1-3H3. The van der Waals surface area contributed by atoms with Crippen LogP contribution in [0, 0.1) is 0 Å². The first-order valence-electron chi connectivity index (χ1n) is 7.22. The Bertz CT molecular complexity index is 391. The summed E-state index contributed by atoms with van der Waals surface area (Å²) >= 11 is 0. The molecule has 0 spiro atoms. The zero-order valence-electron chi connectivity index (χ0n) is 12.5. The van der Waals surface area contributed by atoms with Gasteiger partial charge >= 0.3 is 6.09 Å². The summed E-state index contributed by atoms with van der Waals surface area (Å²) in [6.07, 6.45) is 1.11. The molecule has 2 unspecified atom stereocenters. The number of aliphatic hydroxyl groups is 1. The molecule has 2 fully saturated rings. The van der Waals surface area contributed by atoms with Gasteiger partial charge in [0.25, 0.3) is 0 Å². The van der Waals surface area contributed by atoms with Gasteiger partial charge in [-0.15, -0.1) is 0 Å². The predicted octanol–water partition coefficient (Wildman–Crippen LogP) is 0.979. The highest BCUT2D eigenvalue weighted by Crippen LogP contribution is 2.23. The average Bonchev–Trinajstić information content (AvgIpc) is 2.84. The molecule has 2 aliphatic rings. The van der Waals surface area contributed by atoms with Crippen LogP contribution >= 0.6 is 0 Å². The second-order valence-corrected chi connectivity index (χ2v) is 6.63. The topological polar surface area (TPSA) is 70.1 Å². The highest BCUT2D eigenvalue weighted by Gasteiger charge is 2.36. The smallest absolute Gasteiger partial charge is 0.410 e. The van der Waals surface area contributed by atoms with Crippen LogP contribution in [0.2, 0.25) is 0 Å². The minimum absolute atomic E-state index is 0.000833. The Kier molecular flexibility index (Phi) is 4.22. The maximum absolute atomic E-state index is 12.1. The summed E-state index contributed by atoms with van der Waals surface area (Å²) in [5.74, 6) is -0.0338. The van der Waals surface area contributed by atoms with Gasteiger partial charge in [-0.1, -0.05) is 0 Å². The molecule has 0 bridgehead atoms. The molecule has 0 aromatic carbocycles. The van der Waals surface area contributed by atoms with Crippen molar-refractivity contribution in [3.63, 3.8) is 0 Å². The van der Waals surface area contributed by atoms with Gasteiger partial charge in [0.1, 0.15) is 5.60 Å². The lowest BCUT2D eigenvalue weighted by molar-refractivity contribution is -0.128. The van der Waals surface area contributed by atoms with Crippen molar-refractivity contribution in [2.75, 3.05) is 19.6 Å². The largest absolute Gasteiger partial charge is 0.444 e. The van der Waals surface area contributed by atoms with Crippen molar-refractivity contribution in [2.24, 2.45) is 0 Å². The summed E-state index contributed by atoms with van der Waals surface area (Å²) < 4.78 is 5.40. The summed E-state index contributed by atoms with van der Waals surface area (Å²) in [7, 11) is 0. The molecule has 0 radical (unpaired) electrons. The number of hydrogen-bond donors (Lipinski definition) is 1. The SMILES string of the molecule is CC(C)(C)OC(=O)N1CCCC1CN1CC(O)CC1=O. The van der Waals surface area contributed by atoms with E-state index in [9.17, 15) is 14.7 Å². The molecule has 0 aromatic rings. The number of carbonyl (C=O) groups is 2. The zero-order chi connectivity index (χ0) is 14.9. The number of carbonyl (C=O) groups excluding carboxylic acids is 2. The van der Waals surface area contributed by atoms with Crippen molar-refractivity contribution in [1.82, 2.24) is 9.80 Å². The fourth-order valence-electron chi connectivity index (χ4n) is 2.77. The normalized spacial score (nSPS) is 27.3. The molecule has 0 aliphatic carbocycles. The number of likely N-dealkylation sites (tertiary alicyclic amines) is 2. The van der Waals surface area contributed by atoms with E-state index < -0.39 is 11.7 Å². The Morgan fingerprint density at radius 2 is 2.15 bits per heavy atom. The van der Waals surface area contributed by atoms with Gasteiger partial charge in [0.2, 0.25) is 5.91 Å². The van der Waals surface area contributed by atoms with Crippen molar-refractivity contribution in [3.8, 4) is 0 Å². The van der Waals surface area contributed by atoms with Gasteiger partial charge in [-0.05, 0) is 33.6 Å². The zero-order valence-corrected chi connectivity index (χ0v) is 12.5. The molecule has 0 saturated carbocycles. The third-order valence-electron chi connectivity index (χ3n) is 3.63. The Balaban J connectivity index is 1.94. The Hall–Kier alpha value is -1.30. The third kappa shape index (κ3) is 3.62. The Labute approximate surface area is 119 Å². The van der Waals surface area contributed by atoms with Crippen LogP contribution in [0.4, 0.5) is 4.79 Å². The van der Waals surface area contributed by atoms with Gasteiger partial charge in [-0.25, -0.2) is 4.79 Å². The number of β-amino-alcohol motifs (C(OH)–C–C–N with tert-alkyl or cyclic N) is 1. The molecule has 2 atom stereocenters. The highest BCUT2D eigenvalue weighted by molar-refractivity contribution is 5.79. The number of hydrogen-bond acceptors (Lipinski definition) is 4. The van der Waals surface area contributed by atoms with E-state index in [4.69, 9.17) is 4.74 Å². The molecule has 2 saturated heterocycles. The van der Waals surface area contributed by atoms with Crippen LogP contribution in [0.3, 0.4) is 0 Å². The lowest BCUT2D eigenvalue weighted by Gasteiger charge is -2.30. The fourth-order valence-corrected chi connectivity index (χ4v) is 2.77. The number of nitrogens with zero attached hydrogens (tertiary/aromatic N) is 2. The van der Waals surface area contributed by atoms with Crippen LogP contribution in [0.5, 0.6) is 0 Å². The lowest BCUT2D eigenvalue weighted by Crippen LogP contribution is -2.45. The van der Waals surface area contributed by atoms with E-state index in [1.807, 2.05) is 20.8 Å². The van der Waals surface area contributed by atoms with Crippen molar-refractivity contribution in [3.05, 3.63) is 0 Å². The van der Waals surface area contributed by atoms with Crippen molar-refractivity contribution in [2.45, 2.75) is 57.8 Å². The van der Waals surface area contributed by atoms with E-state index in [0.29, 0.717) is 19.6 Å². The van der Waals surface area contributed by atoms with Crippen molar-refractivity contribution in [1.29, 1.82) is 0 Å². The molecule has 2 aliphatic heterocycles. The van der Waals surface area contributed by atoms with Gasteiger partial charge in [0.05, 0.1) is 18.6 Å². The molecule has 0 aromatic heterocycles. The van der Waals surface area contributed by atoms with Crippen LogP contribution in [0.25, 0.3) is 0 Å². The number of aliphatic hydroxyl groups excluding tert-OH is 1. The molecular weight excluding hydrogens is 260 g/mol. The fraction of sp³-hybridized carbons (Fsp3) is 0.857. The van der Waals surface area contributed by atoms with Crippen molar-refractivity contribution >= 4 is 12.0 Å². The van der Waals surface area contributed by atoms with Gasteiger partial charge in [-0.3, -0.25) is 4.79 Å². The first kappa shape index (κ1) is 15.1. The second kappa shape index (κ2) is 5.60. The maximum atomic E-state index is 12.1. The van der Waals surface area contributed by atoms with Crippen LogP contribution in [-0.4, -0.2) is 64.3 Å². The van der Waals surface area contributed by atoms with Crippen molar-refractivity contribution < 1.29 is 19.4 Å². The van der Waals surface area contributed by atoms with E-state index in [1.54, 1.807) is 9.80 Å². The summed E-state index contributed by atoms with van der Waals surface area (Å²) in [6.45, 7) is 7.07. The van der Waals surface area contributed by atoms with Gasteiger partial charge in [0, 0.05) is 19.6 Å². The highest BCUT2D eigenvalue weighted by atomic mass is 16.6. The summed E-state index contributed by atoms with van der Waals surface area (Å²) in [5, 5.41) is 9.50. The van der Waals surface area contributed by atoms with E-state index in [1.165, 1.54) is 0 Å². The first-order valence-corrected chi connectivity index (χ1v) is 7.22. The average molecular weight is 284 g/mol. The summed E-state index contributed by atoms with van der Waals surface area (Å²) in [6, 6.07) is -0.000833. The minimum atomic E-state index is -0.570. The molecule has 2 rings (SSSR count). The Morgan fingerprint density at radius 3 is 2.70 bits per heavy atom. The van der Waals surface area contributed by atoms with E-state index >= 15 is 0 Å². The number of amides is 2. The molecule has 1 N–H and O–H groups in total. The summed E-state index contributed by atoms with van der Waals surface area (Å²) in [4.78, 5) is 27.2. The maximum Gasteiger partial charge on any atom is 0.410 e. The van der Waals surface area contributed by atoms with Crippen LogP contribution in [-0.2, 0) is 9.53 Å². The third-order valence-corrected chi connectivity index (χ3v) is 3.63. The first-order chi connectivity index (χ1) is 9.26. The predicted molar refractivity (Wildman–Crippen MR) is 73.2 cm³/mol. The van der Waals surface area contributed by atoms with E-state index in [-0.39, 0.29) is 24.5 Å². The van der Waals surface area contributed by atoms with Crippen LogP contribution in [0.15, 0.2) is 0 Å². The van der Waals surface area contributed by atoms with Crippen LogP contribution < -0.4 is 0 Å². The molecule has 2 amide bonds. The van der Waals surface area contributed by atoms with Gasteiger partial charge in [-0.2, -0.15) is 0 Å². The minimum Gasteiger partial charge on any atom is -0.444 e. The summed E-state index contributed by atoms with van der Waals surface area (Å²) in [5.41, 5.74) is -0.510.